The highest BCUT2D eigenvalue weighted by Gasteiger charge is 2.44. The second-order valence-electron chi connectivity index (χ2n) is 7.05. The first-order valence-corrected chi connectivity index (χ1v) is 12.9. The fourth-order valence-corrected chi connectivity index (χ4v) is 5.27. The lowest BCUT2D eigenvalue weighted by Gasteiger charge is -2.19. The molecule has 0 aliphatic heterocycles. The molecular weight excluding hydrogens is 456 g/mol. The predicted molar refractivity (Wildman–Crippen MR) is 126 cm³/mol. The summed E-state index contributed by atoms with van der Waals surface area (Å²) in [6.07, 6.45) is 5.10. The van der Waals surface area contributed by atoms with Gasteiger partial charge < -0.3 is 0 Å². The van der Waals surface area contributed by atoms with Crippen molar-refractivity contribution in [1.29, 1.82) is 0 Å². The summed E-state index contributed by atoms with van der Waals surface area (Å²) in [5.74, 6) is 0. The van der Waals surface area contributed by atoms with Crippen molar-refractivity contribution >= 4 is 34.0 Å². The number of unbranched alkanes of at least 4 members (excludes halogenated alkanes) is 2. The fraction of sp³-hybridized carbons (Fsp3) is 0.250. The lowest BCUT2D eigenvalue weighted by Crippen LogP contribution is -2.21. The normalized spacial score (nSPS) is 11.7. The Balaban J connectivity index is 0.000000390. The van der Waals surface area contributed by atoms with Crippen LogP contribution < -0.4 is 15.9 Å². The van der Waals surface area contributed by atoms with Gasteiger partial charge in [0.2, 0.25) is 0 Å². The topological polar surface area (TPSA) is 54.4 Å². The molecule has 0 radical (unpaired) electrons. The Morgan fingerprint density at radius 1 is 0.750 bits per heavy atom. The highest BCUT2D eigenvalue weighted by Crippen LogP contribution is 2.32. The van der Waals surface area contributed by atoms with Crippen LogP contribution in [0.4, 0.5) is 13.2 Å². The second kappa shape index (κ2) is 12.1. The number of halogens is 3. The van der Waals surface area contributed by atoms with Crippen molar-refractivity contribution in [1.82, 2.24) is 0 Å². The van der Waals surface area contributed by atoms with Crippen LogP contribution in [0.15, 0.2) is 84.9 Å². The van der Waals surface area contributed by atoms with Gasteiger partial charge in [0, 0.05) is 0 Å². The second-order valence-corrected chi connectivity index (χ2v) is 10.7. The van der Waals surface area contributed by atoms with Gasteiger partial charge in [0.15, 0.2) is 0 Å². The van der Waals surface area contributed by atoms with E-state index in [2.05, 4.69) is 91.9 Å². The van der Waals surface area contributed by atoms with E-state index in [4.69, 9.17) is 13.0 Å². The smallest absolute Gasteiger partial charge is 0.279 e. The van der Waals surface area contributed by atoms with Crippen LogP contribution in [0.1, 0.15) is 31.7 Å². The molecular formula is C24H26F3O3PS. The molecule has 0 heterocycles. The Bertz CT molecular complexity index is 1000. The molecule has 0 bridgehead atoms. The van der Waals surface area contributed by atoms with Gasteiger partial charge in [-0.25, -0.2) is 0 Å². The van der Waals surface area contributed by atoms with Gasteiger partial charge in [-0.1, -0.05) is 105 Å². The minimum absolute atomic E-state index is 0.474. The maximum atomic E-state index is 10.7. The van der Waals surface area contributed by atoms with Gasteiger partial charge >= 0.3 is 15.6 Å². The molecule has 0 aromatic heterocycles. The summed E-state index contributed by atoms with van der Waals surface area (Å²) in [6.45, 7) is 2.26. The maximum Gasteiger partial charge on any atom is 0.522 e. The Morgan fingerprint density at radius 3 is 1.53 bits per heavy atom. The summed E-state index contributed by atoms with van der Waals surface area (Å²) in [4.78, 5) is 0. The van der Waals surface area contributed by atoms with Gasteiger partial charge in [0.25, 0.3) is 0 Å². The number of aryl methyl sites for hydroxylation is 1. The summed E-state index contributed by atoms with van der Waals surface area (Å²) in [5, 5.41) is 4.26. The quantitative estimate of drug-likeness (QED) is 0.207. The molecule has 32 heavy (non-hydrogen) atoms. The molecule has 0 spiro atoms. The van der Waals surface area contributed by atoms with Crippen molar-refractivity contribution < 1.29 is 26.1 Å². The molecule has 0 amide bonds. The van der Waals surface area contributed by atoms with E-state index >= 15 is 0 Å². The number of benzene rings is 3. The Morgan fingerprint density at radius 2 is 1.16 bits per heavy atom. The first kappa shape index (κ1) is 26.0. The molecule has 3 aromatic rings. The third kappa shape index (κ3) is 8.05. The largest absolute Gasteiger partial charge is 0.522 e. The third-order valence-electron chi connectivity index (χ3n) is 4.58. The summed E-state index contributed by atoms with van der Waals surface area (Å²) in [7, 11) is -6.31. The highest BCUT2D eigenvalue weighted by molar-refractivity contribution is 7.86. The van der Waals surface area contributed by atoms with Crippen LogP contribution in [0.3, 0.4) is 0 Å². The van der Waals surface area contributed by atoms with E-state index in [1.165, 1.54) is 47.2 Å². The van der Waals surface area contributed by atoms with Crippen molar-refractivity contribution in [3.63, 3.8) is 0 Å². The molecule has 0 saturated heterocycles. The molecule has 0 unspecified atom stereocenters. The lowest BCUT2D eigenvalue weighted by molar-refractivity contribution is -0.0510. The van der Waals surface area contributed by atoms with E-state index in [0.29, 0.717) is 0 Å². The minimum Gasteiger partial charge on any atom is -0.279 e. The van der Waals surface area contributed by atoms with Gasteiger partial charge in [-0.2, -0.15) is 21.6 Å². The Hall–Kier alpha value is -2.21. The van der Waals surface area contributed by atoms with Gasteiger partial charge in [-0.15, -0.1) is 0 Å². The monoisotopic (exact) mass is 482 g/mol. The summed E-state index contributed by atoms with van der Waals surface area (Å²) in [6, 6.07) is 31.1. The first-order valence-electron chi connectivity index (χ1n) is 10.2. The number of hydrogen-bond donors (Lipinski definition) is 1. The van der Waals surface area contributed by atoms with Crippen LogP contribution >= 0.6 is 7.92 Å². The van der Waals surface area contributed by atoms with E-state index < -0.39 is 23.5 Å². The van der Waals surface area contributed by atoms with Crippen LogP contribution in [0.25, 0.3) is 0 Å². The Kier molecular flexibility index (Phi) is 9.88. The van der Waals surface area contributed by atoms with Crippen molar-refractivity contribution in [2.75, 3.05) is 0 Å². The van der Waals surface area contributed by atoms with Gasteiger partial charge in [0.05, 0.1) is 0 Å². The minimum atomic E-state index is -5.84. The van der Waals surface area contributed by atoms with E-state index in [-0.39, 0.29) is 0 Å². The van der Waals surface area contributed by atoms with Gasteiger partial charge in [0.1, 0.15) is 0 Å². The fourth-order valence-electron chi connectivity index (χ4n) is 2.99. The predicted octanol–water partition coefficient (Wildman–Crippen LogP) is 5.57. The number of hydrogen-bond acceptors (Lipinski definition) is 2. The molecule has 0 fully saturated rings. The molecule has 0 saturated carbocycles. The zero-order chi connectivity index (χ0) is 23.6. The van der Waals surface area contributed by atoms with Gasteiger partial charge in [-0.05, 0) is 42.2 Å². The van der Waals surface area contributed by atoms with E-state index in [1.54, 1.807) is 0 Å². The number of alkyl halides is 3. The van der Waals surface area contributed by atoms with Crippen molar-refractivity contribution in [2.45, 2.75) is 38.1 Å². The molecule has 3 aromatic carbocycles. The van der Waals surface area contributed by atoms with Crippen LogP contribution in [-0.4, -0.2) is 18.5 Å². The van der Waals surface area contributed by atoms with Gasteiger partial charge in [-0.3, -0.25) is 4.55 Å². The standard InChI is InChI=1S/C23H25P.CHF3O3S/c1-2-3-6-11-20-16-18-23(19-17-20)24(21-12-7-4-8-13-21)22-14-9-5-10-15-22;2-1(3,4)8(5,6)7/h4-5,7-10,12-19H,2-3,6,11H2,1H3;(H,5,6,7). The molecule has 0 aliphatic carbocycles. The molecule has 0 aliphatic rings. The van der Waals surface area contributed by atoms with Crippen LogP contribution in [-0.2, 0) is 16.5 Å². The van der Waals surface area contributed by atoms with Crippen LogP contribution in [0, 0.1) is 0 Å². The molecule has 3 nitrogen and oxygen atoms in total. The third-order valence-corrected chi connectivity index (χ3v) is 7.61. The molecule has 0 atom stereocenters. The van der Waals surface area contributed by atoms with E-state index in [1.807, 2.05) is 0 Å². The molecule has 8 heteroatoms. The van der Waals surface area contributed by atoms with E-state index in [0.717, 1.165) is 0 Å². The zero-order valence-electron chi connectivity index (χ0n) is 17.7. The summed E-state index contributed by atoms with van der Waals surface area (Å²) < 4.78 is 57.5. The average molecular weight is 483 g/mol. The average Bonchev–Trinajstić information content (AvgIpc) is 2.76. The lowest BCUT2D eigenvalue weighted by atomic mass is 10.1. The SMILES string of the molecule is CCCCCc1ccc(P(c2ccccc2)c2ccccc2)cc1.O=S(=O)(O)C(F)(F)F. The molecule has 3 rings (SSSR count). The van der Waals surface area contributed by atoms with Crippen molar-refractivity contribution in [2.24, 2.45) is 0 Å². The summed E-state index contributed by atoms with van der Waals surface area (Å²) in [5.41, 5.74) is -4.07. The molecule has 172 valence electrons. The maximum absolute atomic E-state index is 10.7. The van der Waals surface area contributed by atoms with Crippen molar-refractivity contribution in [3.8, 4) is 0 Å². The zero-order valence-corrected chi connectivity index (χ0v) is 19.4. The molecule has 1 N–H and O–H groups in total. The van der Waals surface area contributed by atoms with Crippen LogP contribution in [0.5, 0.6) is 0 Å². The number of rotatable bonds is 7. The van der Waals surface area contributed by atoms with Crippen LogP contribution in [0.2, 0.25) is 0 Å². The Labute approximate surface area is 188 Å². The van der Waals surface area contributed by atoms with E-state index in [9.17, 15) is 13.2 Å². The summed E-state index contributed by atoms with van der Waals surface area (Å²) >= 11 is 0. The first-order chi connectivity index (χ1) is 15.1. The van der Waals surface area contributed by atoms with Crippen molar-refractivity contribution in [3.05, 3.63) is 90.5 Å². The highest BCUT2D eigenvalue weighted by atomic mass is 32.2.